The molecule has 3 nitrogen and oxygen atoms in total. The molecule has 0 spiro atoms. The highest BCUT2D eigenvalue weighted by Crippen LogP contribution is 2.18. The zero-order chi connectivity index (χ0) is 13.8. The van der Waals surface area contributed by atoms with Crippen LogP contribution in [0.15, 0.2) is 24.3 Å². The fraction of sp³-hybridized carbons (Fsp3) is 0.533. The third kappa shape index (κ3) is 5.32. The standard InChI is InChI=1S/C15H23NO2/c1-11-5-7-12(8-6-11)13(17)9-10-14(18)16-15(2,3)4/h5-8,13,17H,9-10H2,1-4H3,(H,16,18). The van der Waals surface area contributed by atoms with Crippen molar-refractivity contribution in [2.24, 2.45) is 0 Å². The normalized spacial score (nSPS) is 13.2. The van der Waals surface area contributed by atoms with Crippen molar-refractivity contribution in [3.8, 4) is 0 Å². The van der Waals surface area contributed by atoms with Crippen molar-refractivity contribution >= 4 is 5.91 Å². The Balaban J connectivity index is 2.44. The quantitative estimate of drug-likeness (QED) is 0.862. The number of aliphatic hydroxyl groups excluding tert-OH is 1. The number of hydrogen-bond donors (Lipinski definition) is 2. The predicted molar refractivity (Wildman–Crippen MR) is 73.3 cm³/mol. The summed E-state index contributed by atoms with van der Waals surface area (Å²) < 4.78 is 0. The summed E-state index contributed by atoms with van der Waals surface area (Å²) in [6, 6.07) is 7.74. The minimum atomic E-state index is -0.573. The number of carbonyl (C=O) groups excluding carboxylic acids is 1. The van der Waals surface area contributed by atoms with Gasteiger partial charge in [0.1, 0.15) is 0 Å². The molecule has 0 radical (unpaired) electrons. The molecule has 0 aliphatic carbocycles. The smallest absolute Gasteiger partial charge is 0.220 e. The third-order valence-corrected chi connectivity index (χ3v) is 2.62. The van der Waals surface area contributed by atoms with Gasteiger partial charge >= 0.3 is 0 Å². The van der Waals surface area contributed by atoms with E-state index >= 15 is 0 Å². The topological polar surface area (TPSA) is 49.3 Å². The zero-order valence-corrected chi connectivity index (χ0v) is 11.7. The van der Waals surface area contributed by atoms with Crippen molar-refractivity contribution in [3.63, 3.8) is 0 Å². The van der Waals surface area contributed by atoms with Gasteiger partial charge in [0.05, 0.1) is 6.10 Å². The molecule has 1 aromatic rings. The molecular formula is C15H23NO2. The summed E-state index contributed by atoms with van der Waals surface area (Å²) in [4.78, 5) is 11.6. The van der Waals surface area contributed by atoms with Crippen LogP contribution in [0.3, 0.4) is 0 Å². The van der Waals surface area contributed by atoms with Crippen molar-refractivity contribution in [2.45, 2.75) is 52.2 Å². The molecule has 1 atom stereocenters. The Kier molecular flexibility index (Phi) is 4.91. The summed E-state index contributed by atoms with van der Waals surface area (Å²) in [6.45, 7) is 7.84. The van der Waals surface area contributed by atoms with Crippen LogP contribution in [-0.2, 0) is 4.79 Å². The fourth-order valence-electron chi connectivity index (χ4n) is 1.70. The third-order valence-electron chi connectivity index (χ3n) is 2.62. The van der Waals surface area contributed by atoms with E-state index in [0.717, 1.165) is 11.1 Å². The van der Waals surface area contributed by atoms with Crippen LogP contribution in [0, 0.1) is 6.92 Å². The summed E-state index contributed by atoms with van der Waals surface area (Å²) in [5.74, 6) is -0.0198. The number of benzene rings is 1. The molecule has 0 aliphatic rings. The number of aliphatic hydroxyl groups is 1. The number of rotatable bonds is 4. The first kappa shape index (κ1) is 14.7. The van der Waals surface area contributed by atoms with Gasteiger partial charge in [-0.3, -0.25) is 4.79 Å². The lowest BCUT2D eigenvalue weighted by molar-refractivity contribution is -0.123. The largest absolute Gasteiger partial charge is 0.388 e. The monoisotopic (exact) mass is 249 g/mol. The van der Waals surface area contributed by atoms with E-state index in [2.05, 4.69) is 5.32 Å². The Labute approximate surface area is 109 Å². The lowest BCUT2D eigenvalue weighted by atomic mass is 10.0. The molecule has 3 heteroatoms. The van der Waals surface area contributed by atoms with Crippen LogP contribution < -0.4 is 5.32 Å². The molecule has 2 N–H and O–H groups in total. The first-order chi connectivity index (χ1) is 8.28. The summed E-state index contributed by atoms with van der Waals surface area (Å²) in [5.41, 5.74) is 1.81. The van der Waals surface area contributed by atoms with Crippen LogP contribution in [0.2, 0.25) is 0 Å². The maximum absolute atomic E-state index is 11.6. The molecule has 0 aromatic heterocycles. The Morgan fingerprint density at radius 2 is 1.83 bits per heavy atom. The minimum Gasteiger partial charge on any atom is -0.388 e. The lowest BCUT2D eigenvalue weighted by Crippen LogP contribution is -2.40. The molecule has 1 unspecified atom stereocenters. The van der Waals surface area contributed by atoms with Crippen LogP contribution in [-0.4, -0.2) is 16.6 Å². The summed E-state index contributed by atoms with van der Waals surface area (Å²) in [7, 11) is 0. The summed E-state index contributed by atoms with van der Waals surface area (Å²) in [6.07, 6.45) is 0.216. The van der Waals surface area contributed by atoms with Gasteiger partial charge in [-0.05, 0) is 39.7 Å². The van der Waals surface area contributed by atoms with E-state index in [1.807, 2.05) is 52.0 Å². The van der Waals surface area contributed by atoms with Gasteiger partial charge in [0.2, 0.25) is 5.91 Å². The summed E-state index contributed by atoms with van der Waals surface area (Å²) in [5, 5.41) is 12.9. The van der Waals surface area contributed by atoms with Gasteiger partial charge in [-0.2, -0.15) is 0 Å². The van der Waals surface area contributed by atoms with Gasteiger partial charge in [-0.25, -0.2) is 0 Å². The second kappa shape index (κ2) is 6.01. The van der Waals surface area contributed by atoms with Crippen molar-refractivity contribution in [1.29, 1.82) is 0 Å². The highest BCUT2D eigenvalue weighted by molar-refractivity contribution is 5.76. The molecule has 100 valence electrons. The van der Waals surface area contributed by atoms with Crippen LogP contribution in [0.5, 0.6) is 0 Å². The molecule has 1 rings (SSSR count). The average Bonchev–Trinajstić information content (AvgIpc) is 2.24. The Morgan fingerprint density at radius 1 is 1.28 bits per heavy atom. The van der Waals surface area contributed by atoms with E-state index in [9.17, 15) is 9.90 Å². The Morgan fingerprint density at radius 3 is 2.33 bits per heavy atom. The van der Waals surface area contributed by atoms with Gasteiger partial charge in [0.15, 0.2) is 0 Å². The van der Waals surface area contributed by atoms with Gasteiger partial charge in [0, 0.05) is 12.0 Å². The highest BCUT2D eigenvalue weighted by atomic mass is 16.3. The maximum Gasteiger partial charge on any atom is 0.220 e. The molecule has 1 aromatic carbocycles. The molecule has 0 aliphatic heterocycles. The number of nitrogens with one attached hydrogen (secondary N) is 1. The second-order valence-electron chi connectivity index (χ2n) is 5.76. The Bertz CT molecular complexity index is 390. The van der Waals surface area contributed by atoms with E-state index in [0.29, 0.717) is 12.8 Å². The number of carbonyl (C=O) groups is 1. The molecule has 0 saturated heterocycles. The van der Waals surface area contributed by atoms with Gasteiger partial charge in [0.25, 0.3) is 0 Å². The predicted octanol–water partition coefficient (Wildman–Crippen LogP) is 2.72. The molecular weight excluding hydrogens is 226 g/mol. The van der Waals surface area contributed by atoms with Crippen molar-refractivity contribution < 1.29 is 9.90 Å². The number of hydrogen-bond acceptors (Lipinski definition) is 2. The zero-order valence-electron chi connectivity index (χ0n) is 11.7. The van der Waals surface area contributed by atoms with Crippen LogP contribution in [0.1, 0.15) is 50.8 Å². The van der Waals surface area contributed by atoms with E-state index in [4.69, 9.17) is 0 Å². The molecule has 1 amide bonds. The van der Waals surface area contributed by atoms with E-state index in [-0.39, 0.29) is 11.4 Å². The van der Waals surface area contributed by atoms with Crippen molar-refractivity contribution in [1.82, 2.24) is 5.32 Å². The van der Waals surface area contributed by atoms with Crippen LogP contribution in [0.25, 0.3) is 0 Å². The second-order valence-corrected chi connectivity index (χ2v) is 5.76. The molecule has 18 heavy (non-hydrogen) atoms. The molecule has 0 saturated carbocycles. The van der Waals surface area contributed by atoms with E-state index in [1.54, 1.807) is 0 Å². The first-order valence-electron chi connectivity index (χ1n) is 6.33. The SMILES string of the molecule is Cc1ccc(C(O)CCC(=O)NC(C)(C)C)cc1. The molecule has 0 fully saturated rings. The van der Waals surface area contributed by atoms with Crippen molar-refractivity contribution in [3.05, 3.63) is 35.4 Å². The first-order valence-corrected chi connectivity index (χ1v) is 6.33. The number of aryl methyl sites for hydroxylation is 1. The maximum atomic E-state index is 11.6. The van der Waals surface area contributed by atoms with Crippen LogP contribution >= 0.6 is 0 Å². The van der Waals surface area contributed by atoms with Crippen LogP contribution in [0.4, 0.5) is 0 Å². The van der Waals surface area contributed by atoms with Gasteiger partial charge in [-0.15, -0.1) is 0 Å². The fourth-order valence-corrected chi connectivity index (χ4v) is 1.70. The highest BCUT2D eigenvalue weighted by Gasteiger charge is 2.15. The lowest BCUT2D eigenvalue weighted by Gasteiger charge is -2.21. The van der Waals surface area contributed by atoms with E-state index < -0.39 is 6.10 Å². The minimum absolute atomic E-state index is 0.0198. The van der Waals surface area contributed by atoms with Gasteiger partial charge < -0.3 is 10.4 Å². The number of amides is 1. The van der Waals surface area contributed by atoms with Crippen molar-refractivity contribution in [2.75, 3.05) is 0 Å². The molecule has 0 heterocycles. The average molecular weight is 249 g/mol. The Hall–Kier alpha value is -1.35. The van der Waals surface area contributed by atoms with E-state index in [1.165, 1.54) is 0 Å². The molecule has 0 bridgehead atoms. The van der Waals surface area contributed by atoms with Gasteiger partial charge in [-0.1, -0.05) is 29.8 Å². The summed E-state index contributed by atoms with van der Waals surface area (Å²) >= 11 is 0.